The zero-order valence-corrected chi connectivity index (χ0v) is 25.4. The number of fused-ring (bicyclic) bond motifs is 1. The highest BCUT2D eigenvalue weighted by atomic mass is 35.5. The Balaban J connectivity index is 1.18. The molecular formula is C30H35Cl2F2N5O3. The number of methoxy groups -OCH3 is 1. The monoisotopic (exact) mass is 621 g/mol. The molecule has 3 aliphatic rings. The van der Waals surface area contributed by atoms with Crippen molar-refractivity contribution in [2.45, 2.75) is 58.2 Å². The second-order valence-corrected chi connectivity index (χ2v) is 13.1. The fraction of sp³-hybridized carbons (Fsp3) is 0.567. The molecule has 0 amide bonds. The van der Waals surface area contributed by atoms with E-state index >= 15 is 0 Å². The van der Waals surface area contributed by atoms with Gasteiger partial charge in [0.1, 0.15) is 0 Å². The molecule has 3 heterocycles. The van der Waals surface area contributed by atoms with Crippen LogP contribution in [0.25, 0.3) is 11.0 Å². The standard InChI is InChI=1S/C30H35Cl2F2N5O3/c1-17(23-7-6-20(31)9-24(23)32)39-25-10-21(11-26(42-29(33)34)27(25)35-36-39)38-15-19(16-38)18-5-4-8-37(14-18)22-12-30(2,13-22)28(40)41-3/h6-7,9-11,17-19,22,29H,4-5,8,12-16H2,1-3H3/t17-,18+,22?,30?/m1/s1. The highest BCUT2D eigenvalue weighted by Gasteiger charge is 2.50. The lowest BCUT2D eigenvalue weighted by Gasteiger charge is -2.53. The van der Waals surface area contributed by atoms with Crippen molar-refractivity contribution < 1.29 is 23.0 Å². The smallest absolute Gasteiger partial charge is 0.387 e. The molecule has 1 saturated carbocycles. The van der Waals surface area contributed by atoms with Gasteiger partial charge >= 0.3 is 12.6 Å². The van der Waals surface area contributed by atoms with Crippen LogP contribution < -0.4 is 9.64 Å². The molecule has 12 heteroatoms. The molecule has 0 N–H and O–H groups in total. The summed E-state index contributed by atoms with van der Waals surface area (Å²) in [4.78, 5) is 16.9. The summed E-state index contributed by atoms with van der Waals surface area (Å²) >= 11 is 12.6. The molecule has 2 atom stereocenters. The summed E-state index contributed by atoms with van der Waals surface area (Å²) in [6.45, 7) is 4.69. The van der Waals surface area contributed by atoms with Crippen molar-refractivity contribution in [2.24, 2.45) is 17.3 Å². The number of aromatic nitrogens is 3. The van der Waals surface area contributed by atoms with Gasteiger partial charge in [0.05, 0.1) is 24.1 Å². The average molecular weight is 623 g/mol. The van der Waals surface area contributed by atoms with Crippen molar-refractivity contribution in [3.8, 4) is 5.75 Å². The third kappa shape index (κ3) is 5.42. The topological polar surface area (TPSA) is 72.7 Å². The molecule has 1 aliphatic carbocycles. The minimum Gasteiger partial charge on any atom is -0.469 e. The molecular weight excluding hydrogens is 587 g/mol. The maximum absolute atomic E-state index is 13.4. The van der Waals surface area contributed by atoms with E-state index in [1.54, 1.807) is 22.9 Å². The van der Waals surface area contributed by atoms with Gasteiger partial charge in [-0.05, 0) is 81.7 Å². The minimum absolute atomic E-state index is 0.00378. The first-order valence-electron chi connectivity index (χ1n) is 14.4. The van der Waals surface area contributed by atoms with Crippen molar-refractivity contribution in [3.63, 3.8) is 0 Å². The molecule has 2 aliphatic heterocycles. The van der Waals surface area contributed by atoms with Gasteiger partial charge in [-0.25, -0.2) is 4.68 Å². The fourth-order valence-corrected chi connectivity index (χ4v) is 7.62. The number of piperidine rings is 1. The maximum atomic E-state index is 13.4. The number of rotatable bonds is 8. The number of ether oxygens (including phenoxy) is 2. The first-order valence-corrected chi connectivity index (χ1v) is 15.2. The molecule has 3 fully saturated rings. The van der Waals surface area contributed by atoms with Gasteiger partial charge < -0.3 is 19.3 Å². The molecule has 0 bridgehead atoms. The van der Waals surface area contributed by atoms with Gasteiger partial charge in [0.15, 0.2) is 11.3 Å². The number of anilines is 1. The summed E-state index contributed by atoms with van der Waals surface area (Å²) in [5.74, 6) is 0.949. The Labute approximate surface area is 253 Å². The highest BCUT2D eigenvalue weighted by molar-refractivity contribution is 6.35. The Morgan fingerprint density at radius 3 is 2.57 bits per heavy atom. The van der Waals surface area contributed by atoms with Crippen LogP contribution in [0.3, 0.4) is 0 Å². The van der Waals surface area contributed by atoms with Gasteiger partial charge in [-0.3, -0.25) is 4.79 Å². The molecule has 0 spiro atoms. The van der Waals surface area contributed by atoms with E-state index in [0.717, 1.165) is 56.7 Å². The quantitative estimate of drug-likeness (QED) is 0.268. The number of nitrogens with zero attached hydrogens (tertiary/aromatic N) is 5. The molecule has 0 unspecified atom stereocenters. The van der Waals surface area contributed by atoms with E-state index in [-0.39, 0.29) is 28.7 Å². The van der Waals surface area contributed by atoms with Crippen molar-refractivity contribution in [1.82, 2.24) is 19.9 Å². The molecule has 42 heavy (non-hydrogen) atoms. The van der Waals surface area contributed by atoms with Gasteiger partial charge in [-0.1, -0.05) is 34.5 Å². The number of hydrogen-bond donors (Lipinski definition) is 0. The second kappa shape index (κ2) is 11.4. The van der Waals surface area contributed by atoms with Gasteiger partial charge in [0.25, 0.3) is 0 Å². The van der Waals surface area contributed by atoms with E-state index in [1.165, 1.54) is 13.5 Å². The predicted octanol–water partition coefficient (Wildman–Crippen LogP) is 6.44. The first-order chi connectivity index (χ1) is 20.1. The lowest BCUT2D eigenvalue weighted by molar-refractivity contribution is -0.162. The zero-order chi connectivity index (χ0) is 29.8. The van der Waals surface area contributed by atoms with E-state index in [0.29, 0.717) is 33.4 Å². The van der Waals surface area contributed by atoms with Crippen LogP contribution in [-0.2, 0) is 9.53 Å². The first kappa shape index (κ1) is 29.4. The van der Waals surface area contributed by atoms with Crippen molar-refractivity contribution in [1.29, 1.82) is 0 Å². The zero-order valence-electron chi connectivity index (χ0n) is 23.9. The van der Waals surface area contributed by atoms with Crippen molar-refractivity contribution in [3.05, 3.63) is 45.9 Å². The maximum Gasteiger partial charge on any atom is 0.387 e. The second-order valence-electron chi connectivity index (χ2n) is 12.2. The fourth-order valence-electron chi connectivity index (χ4n) is 7.05. The number of likely N-dealkylation sites (tertiary alicyclic amines) is 1. The lowest BCUT2D eigenvalue weighted by Crippen LogP contribution is -2.58. The van der Waals surface area contributed by atoms with Crippen LogP contribution in [0.5, 0.6) is 5.75 Å². The molecule has 8 nitrogen and oxygen atoms in total. The number of hydrogen-bond acceptors (Lipinski definition) is 7. The van der Waals surface area contributed by atoms with E-state index in [9.17, 15) is 13.6 Å². The van der Waals surface area contributed by atoms with E-state index in [1.807, 2.05) is 26.0 Å². The third-order valence-corrected chi connectivity index (χ3v) is 10.1. The van der Waals surface area contributed by atoms with E-state index in [2.05, 4.69) is 20.1 Å². The summed E-state index contributed by atoms with van der Waals surface area (Å²) in [6, 6.07) is 8.94. The van der Waals surface area contributed by atoms with Crippen LogP contribution in [-0.4, -0.2) is 71.8 Å². The highest BCUT2D eigenvalue weighted by Crippen LogP contribution is 2.46. The Morgan fingerprint density at radius 2 is 1.88 bits per heavy atom. The molecule has 6 rings (SSSR count). The number of esters is 1. The van der Waals surface area contributed by atoms with Crippen LogP contribution in [0.1, 0.15) is 51.1 Å². The number of carbonyl (C=O) groups is 1. The average Bonchev–Trinajstić information content (AvgIpc) is 3.34. The number of carbonyl (C=O) groups excluding carboxylic acids is 1. The van der Waals surface area contributed by atoms with Crippen molar-refractivity contribution >= 4 is 45.9 Å². The van der Waals surface area contributed by atoms with Crippen LogP contribution in [0.2, 0.25) is 10.0 Å². The predicted molar refractivity (Wildman–Crippen MR) is 158 cm³/mol. The Kier molecular flexibility index (Phi) is 8.00. The largest absolute Gasteiger partial charge is 0.469 e. The lowest BCUT2D eigenvalue weighted by atomic mass is 9.65. The third-order valence-electron chi connectivity index (χ3n) is 9.52. The van der Waals surface area contributed by atoms with Crippen LogP contribution in [0.15, 0.2) is 30.3 Å². The van der Waals surface area contributed by atoms with Gasteiger partial charge in [0.2, 0.25) is 0 Å². The summed E-state index contributed by atoms with van der Waals surface area (Å²) in [5, 5.41) is 9.51. The molecule has 3 aromatic rings. The summed E-state index contributed by atoms with van der Waals surface area (Å²) in [5.41, 5.74) is 2.09. The number of halogens is 4. The van der Waals surface area contributed by atoms with Gasteiger partial charge in [-0.15, -0.1) is 5.10 Å². The van der Waals surface area contributed by atoms with Gasteiger partial charge in [0, 0.05) is 47.5 Å². The van der Waals surface area contributed by atoms with E-state index < -0.39 is 6.61 Å². The Hall–Kier alpha value is -2.69. The minimum atomic E-state index is -2.98. The molecule has 1 aromatic heterocycles. The molecule has 226 valence electrons. The summed E-state index contributed by atoms with van der Waals surface area (Å²) in [7, 11) is 1.46. The summed E-state index contributed by atoms with van der Waals surface area (Å²) in [6.07, 6.45) is 4.00. The SMILES string of the molecule is COC(=O)C1(C)CC(N2CCC[C@H](C3CN(c4cc(OC(F)F)c5nnn([C@H](C)c6ccc(Cl)cc6Cl)c5c4)C3)C2)C1. The Morgan fingerprint density at radius 1 is 1.12 bits per heavy atom. The molecule has 2 aromatic carbocycles. The number of alkyl halides is 2. The molecule has 2 saturated heterocycles. The van der Waals surface area contributed by atoms with Crippen LogP contribution >= 0.6 is 23.2 Å². The van der Waals surface area contributed by atoms with Gasteiger partial charge in [-0.2, -0.15) is 8.78 Å². The number of benzene rings is 2. The van der Waals surface area contributed by atoms with Crippen LogP contribution in [0.4, 0.5) is 14.5 Å². The summed E-state index contributed by atoms with van der Waals surface area (Å²) < 4.78 is 38.4. The Bertz CT molecular complexity index is 1470. The van der Waals surface area contributed by atoms with E-state index in [4.69, 9.17) is 32.7 Å². The van der Waals surface area contributed by atoms with Crippen LogP contribution in [0, 0.1) is 17.3 Å². The normalized spacial score (nSPS) is 25.8. The molecule has 0 radical (unpaired) electrons. The van der Waals surface area contributed by atoms with Crippen molar-refractivity contribution in [2.75, 3.05) is 38.2 Å².